The Balaban J connectivity index is 2.06. The van der Waals surface area contributed by atoms with E-state index in [2.05, 4.69) is 13.8 Å². The van der Waals surface area contributed by atoms with Gasteiger partial charge in [-0.2, -0.15) is 0 Å². The SMILES string of the molecule is [CH2]C12CC3(C)CC(CO)(C1)CC(CO)(C2)C3. The maximum Gasteiger partial charge on any atom is 0.0488 e. The number of hydrogen-bond donors (Lipinski definition) is 2. The third-order valence-corrected chi connectivity index (χ3v) is 5.33. The van der Waals surface area contributed by atoms with E-state index in [0.717, 1.165) is 32.1 Å². The maximum atomic E-state index is 9.76. The Labute approximate surface area is 98.1 Å². The van der Waals surface area contributed by atoms with Crippen molar-refractivity contribution >= 4 is 0 Å². The van der Waals surface area contributed by atoms with E-state index in [1.807, 2.05) is 0 Å². The van der Waals surface area contributed by atoms with Gasteiger partial charge in [0.2, 0.25) is 0 Å². The second-order valence-electron chi connectivity index (χ2n) is 7.69. The molecule has 4 fully saturated rings. The average Bonchev–Trinajstić information content (AvgIpc) is 2.12. The first kappa shape index (κ1) is 11.0. The van der Waals surface area contributed by atoms with E-state index in [0.29, 0.717) is 5.41 Å². The smallest absolute Gasteiger partial charge is 0.0488 e. The van der Waals surface area contributed by atoms with E-state index in [1.54, 1.807) is 0 Å². The van der Waals surface area contributed by atoms with E-state index in [1.165, 1.54) is 6.42 Å². The summed E-state index contributed by atoms with van der Waals surface area (Å²) in [5, 5.41) is 19.5. The molecule has 0 aromatic heterocycles. The fraction of sp³-hybridized carbons (Fsp3) is 0.929. The molecule has 16 heavy (non-hydrogen) atoms. The van der Waals surface area contributed by atoms with Gasteiger partial charge in [-0.3, -0.25) is 0 Å². The van der Waals surface area contributed by atoms with Crippen molar-refractivity contribution in [2.75, 3.05) is 13.2 Å². The minimum atomic E-state index is 0.0635. The molecule has 0 amide bonds. The Bertz CT molecular complexity index is 279. The van der Waals surface area contributed by atoms with E-state index in [-0.39, 0.29) is 29.5 Å². The summed E-state index contributed by atoms with van der Waals surface area (Å²) in [5.41, 5.74) is 0.554. The number of rotatable bonds is 2. The molecule has 2 heteroatoms. The van der Waals surface area contributed by atoms with Gasteiger partial charge in [0.15, 0.2) is 0 Å². The zero-order valence-electron chi connectivity index (χ0n) is 10.3. The van der Waals surface area contributed by atoms with Crippen LogP contribution in [0, 0.1) is 28.6 Å². The fourth-order valence-electron chi connectivity index (χ4n) is 6.19. The minimum Gasteiger partial charge on any atom is -0.396 e. The zero-order valence-corrected chi connectivity index (χ0v) is 10.3. The van der Waals surface area contributed by atoms with E-state index < -0.39 is 0 Å². The van der Waals surface area contributed by atoms with Gasteiger partial charge >= 0.3 is 0 Å². The monoisotopic (exact) mass is 223 g/mol. The average molecular weight is 223 g/mol. The first-order valence-corrected chi connectivity index (χ1v) is 6.44. The summed E-state index contributed by atoms with van der Waals surface area (Å²) in [6.45, 7) is 7.33. The Morgan fingerprint density at radius 2 is 1.38 bits per heavy atom. The lowest BCUT2D eigenvalue weighted by atomic mass is 9.36. The predicted molar refractivity (Wildman–Crippen MR) is 62.6 cm³/mol. The van der Waals surface area contributed by atoms with Crippen LogP contribution in [0.4, 0.5) is 0 Å². The lowest BCUT2D eigenvalue weighted by Gasteiger charge is -2.69. The molecule has 4 aliphatic rings. The van der Waals surface area contributed by atoms with Crippen molar-refractivity contribution in [3.05, 3.63) is 6.92 Å². The summed E-state index contributed by atoms with van der Waals surface area (Å²) in [7, 11) is 0. The van der Waals surface area contributed by atoms with E-state index in [4.69, 9.17) is 0 Å². The van der Waals surface area contributed by atoms with Crippen LogP contribution in [-0.2, 0) is 0 Å². The van der Waals surface area contributed by atoms with Crippen molar-refractivity contribution in [1.29, 1.82) is 0 Å². The summed E-state index contributed by atoms with van der Waals surface area (Å²) in [6, 6.07) is 0. The van der Waals surface area contributed by atoms with Gasteiger partial charge in [0.25, 0.3) is 0 Å². The molecule has 4 saturated carbocycles. The van der Waals surface area contributed by atoms with Crippen LogP contribution < -0.4 is 0 Å². The molecule has 2 atom stereocenters. The molecule has 2 unspecified atom stereocenters. The molecule has 0 aromatic carbocycles. The highest BCUT2D eigenvalue weighted by molar-refractivity contribution is 5.16. The summed E-state index contributed by atoms with van der Waals surface area (Å²) in [4.78, 5) is 0. The molecule has 4 bridgehead atoms. The fourth-order valence-corrected chi connectivity index (χ4v) is 6.19. The van der Waals surface area contributed by atoms with Crippen molar-refractivity contribution < 1.29 is 10.2 Å². The van der Waals surface area contributed by atoms with Crippen LogP contribution in [0.3, 0.4) is 0 Å². The van der Waals surface area contributed by atoms with Crippen LogP contribution in [-0.4, -0.2) is 23.4 Å². The molecule has 91 valence electrons. The molecule has 0 aromatic rings. The Hall–Kier alpha value is -0.0800. The van der Waals surface area contributed by atoms with Crippen molar-refractivity contribution in [3.8, 4) is 0 Å². The molecular weight excluding hydrogens is 200 g/mol. The third-order valence-electron chi connectivity index (χ3n) is 5.33. The standard InChI is InChI=1S/C14H23O2/c1-11-3-12(2)6-13(4-11,9-15)8-14(5-11,7-12)10-16/h15-16H,1,3-10H2,2H3. The van der Waals surface area contributed by atoms with Gasteiger partial charge < -0.3 is 10.2 Å². The van der Waals surface area contributed by atoms with Crippen molar-refractivity contribution in [2.24, 2.45) is 21.7 Å². The highest BCUT2D eigenvalue weighted by atomic mass is 16.3. The first-order valence-electron chi connectivity index (χ1n) is 6.44. The summed E-state index contributed by atoms with van der Waals surface area (Å²) < 4.78 is 0. The van der Waals surface area contributed by atoms with Crippen LogP contribution >= 0.6 is 0 Å². The highest BCUT2D eigenvalue weighted by Gasteiger charge is 2.64. The zero-order chi connectivity index (χ0) is 11.7. The van der Waals surface area contributed by atoms with Gasteiger partial charge in [0.1, 0.15) is 0 Å². The number of aliphatic hydroxyl groups excluding tert-OH is 2. The normalized spacial score (nSPS) is 59.2. The second-order valence-corrected chi connectivity index (χ2v) is 7.69. The molecule has 4 rings (SSSR count). The first-order chi connectivity index (χ1) is 7.36. The number of aliphatic hydroxyl groups is 2. The van der Waals surface area contributed by atoms with Gasteiger partial charge in [0.05, 0.1) is 0 Å². The molecule has 2 nitrogen and oxygen atoms in total. The molecule has 0 heterocycles. The van der Waals surface area contributed by atoms with Crippen LogP contribution in [0.5, 0.6) is 0 Å². The van der Waals surface area contributed by atoms with Gasteiger partial charge in [-0.15, -0.1) is 0 Å². The highest BCUT2D eigenvalue weighted by Crippen LogP contribution is 2.73. The molecule has 0 aliphatic heterocycles. The summed E-state index contributed by atoms with van der Waals surface area (Å²) in [5.74, 6) is 0. The van der Waals surface area contributed by atoms with Crippen LogP contribution in [0.25, 0.3) is 0 Å². The van der Waals surface area contributed by atoms with Crippen LogP contribution in [0.1, 0.15) is 45.4 Å². The van der Waals surface area contributed by atoms with Crippen molar-refractivity contribution in [2.45, 2.75) is 45.4 Å². The van der Waals surface area contributed by atoms with Crippen LogP contribution in [0.15, 0.2) is 0 Å². The molecular formula is C14H23O2. The lowest BCUT2D eigenvalue weighted by Crippen LogP contribution is -2.61. The Morgan fingerprint density at radius 3 is 1.75 bits per heavy atom. The second kappa shape index (κ2) is 2.84. The lowest BCUT2D eigenvalue weighted by molar-refractivity contribution is -0.203. The maximum absolute atomic E-state index is 9.76. The molecule has 4 aliphatic carbocycles. The van der Waals surface area contributed by atoms with Gasteiger partial charge in [0, 0.05) is 13.2 Å². The molecule has 2 N–H and O–H groups in total. The molecule has 0 saturated heterocycles. The predicted octanol–water partition coefficient (Wildman–Crippen LogP) is 2.15. The van der Waals surface area contributed by atoms with Gasteiger partial charge in [-0.05, 0) is 67.1 Å². The third kappa shape index (κ3) is 1.32. The summed E-state index contributed by atoms with van der Waals surface area (Å²) in [6.07, 6.45) is 6.59. The largest absolute Gasteiger partial charge is 0.396 e. The van der Waals surface area contributed by atoms with Gasteiger partial charge in [-0.25, -0.2) is 0 Å². The van der Waals surface area contributed by atoms with Crippen molar-refractivity contribution in [1.82, 2.24) is 0 Å². The number of hydrogen-bond acceptors (Lipinski definition) is 2. The molecule has 1 radical (unpaired) electrons. The van der Waals surface area contributed by atoms with Gasteiger partial charge in [-0.1, -0.05) is 6.92 Å². The molecule has 0 spiro atoms. The van der Waals surface area contributed by atoms with E-state index >= 15 is 0 Å². The minimum absolute atomic E-state index is 0.0635. The summed E-state index contributed by atoms with van der Waals surface area (Å²) >= 11 is 0. The van der Waals surface area contributed by atoms with Crippen molar-refractivity contribution in [3.63, 3.8) is 0 Å². The Morgan fingerprint density at radius 1 is 0.875 bits per heavy atom. The Kier molecular flexibility index (Phi) is 1.96. The quantitative estimate of drug-likeness (QED) is 0.753. The topological polar surface area (TPSA) is 40.5 Å². The van der Waals surface area contributed by atoms with Crippen LogP contribution in [0.2, 0.25) is 0 Å². The van der Waals surface area contributed by atoms with E-state index in [9.17, 15) is 10.2 Å².